The van der Waals surface area contributed by atoms with Crippen molar-refractivity contribution in [2.24, 2.45) is 5.73 Å². The lowest BCUT2D eigenvalue weighted by molar-refractivity contribution is 0.105. The topological polar surface area (TPSA) is 29.3 Å². The number of benzene rings is 1. The average Bonchev–Trinajstić information content (AvgIpc) is 2.30. The zero-order valence-electron chi connectivity index (χ0n) is 9.02. The maximum absolute atomic E-state index is 6.36. The molecule has 2 atom stereocenters. The molecule has 2 heterocycles. The van der Waals surface area contributed by atoms with Gasteiger partial charge in [0.2, 0.25) is 0 Å². The van der Waals surface area contributed by atoms with Crippen molar-refractivity contribution < 1.29 is 0 Å². The van der Waals surface area contributed by atoms with Crippen LogP contribution in [0.25, 0.3) is 0 Å². The van der Waals surface area contributed by atoms with Gasteiger partial charge in [-0.15, -0.1) is 0 Å². The van der Waals surface area contributed by atoms with Crippen molar-refractivity contribution in [1.82, 2.24) is 4.90 Å². The van der Waals surface area contributed by atoms with Crippen LogP contribution in [0.3, 0.4) is 0 Å². The molecule has 3 rings (SSSR count). The van der Waals surface area contributed by atoms with Crippen LogP contribution in [-0.4, -0.2) is 17.5 Å². The van der Waals surface area contributed by atoms with E-state index in [1.807, 2.05) is 0 Å². The molecule has 0 aliphatic carbocycles. The van der Waals surface area contributed by atoms with E-state index in [-0.39, 0.29) is 6.04 Å². The number of rotatable bonds is 0. The van der Waals surface area contributed by atoms with Crippen molar-refractivity contribution in [1.29, 1.82) is 0 Å². The van der Waals surface area contributed by atoms with Gasteiger partial charge in [0, 0.05) is 18.6 Å². The molecule has 1 aromatic carbocycles. The SMILES string of the molecule is N[C@H]1c2ccccc2CN2CCCC[C@H]12. The number of nitrogens with two attached hydrogens (primary N) is 1. The predicted octanol–water partition coefficient (Wildman–Crippen LogP) is 2.05. The second-order valence-corrected chi connectivity index (χ2v) is 4.76. The molecular formula is C13H18N2. The van der Waals surface area contributed by atoms with Crippen LogP contribution >= 0.6 is 0 Å². The van der Waals surface area contributed by atoms with Crippen LogP contribution in [0.4, 0.5) is 0 Å². The van der Waals surface area contributed by atoms with Crippen LogP contribution in [0, 0.1) is 0 Å². The Bertz CT molecular complexity index is 361. The second-order valence-electron chi connectivity index (χ2n) is 4.76. The predicted molar refractivity (Wildman–Crippen MR) is 61.4 cm³/mol. The third kappa shape index (κ3) is 1.48. The third-order valence-corrected chi connectivity index (χ3v) is 3.87. The Hall–Kier alpha value is -0.860. The van der Waals surface area contributed by atoms with E-state index in [9.17, 15) is 0 Å². The van der Waals surface area contributed by atoms with Gasteiger partial charge < -0.3 is 5.73 Å². The lowest BCUT2D eigenvalue weighted by Gasteiger charge is -2.43. The number of fused-ring (bicyclic) bond motifs is 2. The van der Waals surface area contributed by atoms with E-state index >= 15 is 0 Å². The van der Waals surface area contributed by atoms with E-state index in [1.165, 1.54) is 36.9 Å². The van der Waals surface area contributed by atoms with E-state index in [1.54, 1.807) is 0 Å². The number of hydrogen-bond donors (Lipinski definition) is 1. The molecule has 0 radical (unpaired) electrons. The first-order valence-corrected chi connectivity index (χ1v) is 5.94. The van der Waals surface area contributed by atoms with Crippen LogP contribution in [0.15, 0.2) is 24.3 Å². The summed E-state index contributed by atoms with van der Waals surface area (Å²) in [5, 5.41) is 0. The van der Waals surface area contributed by atoms with Crippen molar-refractivity contribution in [2.45, 2.75) is 37.9 Å². The summed E-state index contributed by atoms with van der Waals surface area (Å²) < 4.78 is 0. The first-order valence-electron chi connectivity index (χ1n) is 5.94. The zero-order chi connectivity index (χ0) is 10.3. The molecule has 0 unspecified atom stereocenters. The molecule has 0 amide bonds. The lowest BCUT2D eigenvalue weighted by Crippen LogP contribution is -2.48. The summed E-state index contributed by atoms with van der Waals surface area (Å²) in [6.45, 7) is 2.33. The van der Waals surface area contributed by atoms with Crippen molar-refractivity contribution in [3.05, 3.63) is 35.4 Å². The Morgan fingerprint density at radius 3 is 3.00 bits per heavy atom. The maximum atomic E-state index is 6.36. The second kappa shape index (κ2) is 3.62. The Morgan fingerprint density at radius 2 is 2.07 bits per heavy atom. The summed E-state index contributed by atoms with van der Waals surface area (Å²) in [6.07, 6.45) is 3.96. The van der Waals surface area contributed by atoms with Crippen LogP contribution < -0.4 is 5.73 Å². The van der Waals surface area contributed by atoms with E-state index in [4.69, 9.17) is 5.73 Å². The fraction of sp³-hybridized carbons (Fsp3) is 0.538. The smallest absolute Gasteiger partial charge is 0.0456 e. The molecule has 1 aromatic rings. The summed E-state index contributed by atoms with van der Waals surface area (Å²) in [5.41, 5.74) is 9.17. The van der Waals surface area contributed by atoms with Gasteiger partial charge >= 0.3 is 0 Å². The Labute approximate surface area is 91.1 Å². The van der Waals surface area contributed by atoms with Crippen LogP contribution in [0.1, 0.15) is 36.4 Å². The van der Waals surface area contributed by atoms with Crippen molar-refractivity contribution >= 4 is 0 Å². The van der Waals surface area contributed by atoms with E-state index in [0.717, 1.165) is 6.54 Å². The molecule has 0 aromatic heterocycles. The van der Waals surface area contributed by atoms with Crippen LogP contribution in [-0.2, 0) is 6.54 Å². The summed E-state index contributed by atoms with van der Waals surface area (Å²) in [6, 6.07) is 9.47. The highest BCUT2D eigenvalue weighted by Gasteiger charge is 2.33. The van der Waals surface area contributed by atoms with Crippen molar-refractivity contribution in [2.75, 3.05) is 6.54 Å². The molecule has 1 fully saturated rings. The largest absolute Gasteiger partial charge is 0.323 e. The molecule has 2 N–H and O–H groups in total. The standard InChI is InChI=1S/C13H18N2/c14-13-11-6-2-1-5-10(11)9-15-8-4-3-7-12(13)15/h1-2,5-6,12-13H,3-4,7-9,14H2/t12-,13+/m1/s1. The van der Waals surface area contributed by atoms with Gasteiger partial charge in [-0.25, -0.2) is 0 Å². The normalized spacial score (nSPS) is 30.7. The number of hydrogen-bond acceptors (Lipinski definition) is 2. The molecule has 0 bridgehead atoms. The van der Waals surface area contributed by atoms with Crippen LogP contribution in [0.5, 0.6) is 0 Å². The van der Waals surface area contributed by atoms with E-state index in [0.29, 0.717) is 6.04 Å². The summed E-state index contributed by atoms with van der Waals surface area (Å²) in [7, 11) is 0. The summed E-state index contributed by atoms with van der Waals surface area (Å²) in [4.78, 5) is 2.57. The summed E-state index contributed by atoms with van der Waals surface area (Å²) in [5.74, 6) is 0. The molecule has 2 aliphatic heterocycles. The number of piperidine rings is 1. The average molecular weight is 202 g/mol. The van der Waals surface area contributed by atoms with Gasteiger partial charge in [0.05, 0.1) is 0 Å². The molecular weight excluding hydrogens is 184 g/mol. The van der Waals surface area contributed by atoms with Gasteiger partial charge in [-0.2, -0.15) is 0 Å². The third-order valence-electron chi connectivity index (χ3n) is 3.87. The van der Waals surface area contributed by atoms with E-state index in [2.05, 4.69) is 29.2 Å². The number of nitrogens with zero attached hydrogens (tertiary/aromatic N) is 1. The molecule has 15 heavy (non-hydrogen) atoms. The molecule has 1 saturated heterocycles. The minimum absolute atomic E-state index is 0.232. The van der Waals surface area contributed by atoms with Gasteiger partial charge in [0.1, 0.15) is 0 Å². The first kappa shape index (κ1) is 9.37. The van der Waals surface area contributed by atoms with Gasteiger partial charge in [-0.1, -0.05) is 30.7 Å². The van der Waals surface area contributed by atoms with Gasteiger partial charge in [-0.3, -0.25) is 4.90 Å². The molecule has 2 heteroatoms. The molecule has 2 nitrogen and oxygen atoms in total. The van der Waals surface area contributed by atoms with Gasteiger partial charge in [0.25, 0.3) is 0 Å². The minimum Gasteiger partial charge on any atom is -0.323 e. The first-order chi connectivity index (χ1) is 7.36. The molecule has 0 saturated carbocycles. The Morgan fingerprint density at radius 1 is 1.20 bits per heavy atom. The van der Waals surface area contributed by atoms with Gasteiger partial charge in [-0.05, 0) is 30.5 Å². The molecule has 80 valence electrons. The van der Waals surface area contributed by atoms with Crippen molar-refractivity contribution in [3.8, 4) is 0 Å². The lowest BCUT2D eigenvalue weighted by atomic mass is 9.85. The van der Waals surface area contributed by atoms with Gasteiger partial charge in [0.15, 0.2) is 0 Å². The van der Waals surface area contributed by atoms with Crippen LogP contribution in [0.2, 0.25) is 0 Å². The Kier molecular flexibility index (Phi) is 2.26. The molecule has 2 aliphatic rings. The van der Waals surface area contributed by atoms with E-state index < -0.39 is 0 Å². The minimum atomic E-state index is 0.232. The quantitative estimate of drug-likeness (QED) is 0.697. The fourth-order valence-corrected chi connectivity index (χ4v) is 3.05. The fourth-order valence-electron chi connectivity index (χ4n) is 3.05. The Balaban J connectivity index is 1.98. The monoisotopic (exact) mass is 202 g/mol. The highest BCUT2D eigenvalue weighted by molar-refractivity contribution is 5.33. The highest BCUT2D eigenvalue weighted by Crippen LogP contribution is 2.34. The van der Waals surface area contributed by atoms with Crippen molar-refractivity contribution in [3.63, 3.8) is 0 Å². The maximum Gasteiger partial charge on any atom is 0.0456 e. The highest BCUT2D eigenvalue weighted by atomic mass is 15.2. The summed E-state index contributed by atoms with van der Waals surface area (Å²) >= 11 is 0. The molecule has 0 spiro atoms. The zero-order valence-corrected chi connectivity index (χ0v) is 9.02.